The van der Waals surface area contributed by atoms with Gasteiger partial charge >= 0.3 is 0 Å². The minimum Gasteiger partial charge on any atom is -0.301 e. The number of nitrogens with zero attached hydrogens (tertiary/aromatic N) is 2. The van der Waals surface area contributed by atoms with E-state index in [-0.39, 0.29) is 0 Å². The maximum Gasteiger partial charge on any atom is 0.0299 e. The van der Waals surface area contributed by atoms with Gasteiger partial charge in [0.05, 0.1) is 0 Å². The van der Waals surface area contributed by atoms with E-state index in [4.69, 9.17) is 0 Å². The van der Waals surface area contributed by atoms with E-state index in [1.165, 1.54) is 61.0 Å². The lowest BCUT2D eigenvalue weighted by Crippen LogP contribution is -2.39. The monoisotopic (exact) mass is 410 g/mol. The van der Waals surface area contributed by atoms with E-state index in [0.717, 1.165) is 6.42 Å². The fourth-order valence-corrected chi connectivity index (χ4v) is 4.69. The zero-order valence-corrected chi connectivity index (χ0v) is 18.7. The molecule has 2 nitrogen and oxygen atoms in total. The summed E-state index contributed by atoms with van der Waals surface area (Å²) in [6, 6.07) is 26.6. The van der Waals surface area contributed by atoms with Gasteiger partial charge < -0.3 is 4.90 Å². The summed E-state index contributed by atoms with van der Waals surface area (Å²) >= 11 is 0. The molecule has 0 saturated carbocycles. The first kappa shape index (κ1) is 21.5. The van der Waals surface area contributed by atoms with Gasteiger partial charge in [0.25, 0.3) is 0 Å². The Kier molecular flexibility index (Phi) is 7.68. The number of pyridine rings is 1. The zero-order chi connectivity index (χ0) is 21.3. The van der Waals surface area contributed by atoms with Crippen molar-refractivity contribution >= 4 is 5.57 Å². The van der Waals surface area contributed by atoms with Crippen LogP contribution in [-0.2, 0) is 6.42 Å². The van der Waals surface area contributed by atoms with Crippen LogP contribution in [0.1, 0.15) is 49.3 Å². The maximum absolute atomic E-state index is 4.23. The number of benzene rings is 2. The van der Waals surface area contributed by atoms with Gasteiger partial charge in [0.15, 0.2) is 0 Å². The number of hydrogen-bond acceptors (Lipinski definition) is 2. The molecule has 4 rings (SSSR count). The molecule has 1 saturated heterocycles. The van der Waals surface area contributed by atoms with E-state index in [9.17, 15) is 0 Å². The highest BCUT2D eigenvalue weighted by Crippen LogP contribution is 2.29. The van der Waals surface area contributed by atoms with Gasteiger partial charge in [-0.2, -0.15) is 0 Å². The second-order valence-electron chi connectivity index (χ2n) is 8.79. The summed E-state index contributed by atoms with van der Waals surface area (Å²) in [4.78, 5) is 6.92. The second-order valence-corrected chi connectivity index (χ2v) is 8.79. The number of piperidine rings is 1. The minimum atomic E-state index is 0.647. The van der Waals surface area contributed by atoms with Gasteiger partial charge in [-0.3, -0.25) is 4.98 Å². The van der Waals surface area contributed by atoms with Gasteiger partial charge in [-0.05, 0) is 86.4 Å². The van der Waals surface area contributed by atoms with Crippen molar-refractivity contribution in [3.63, 3.8) is 0 Å². The first-order chi connectivity index (χ1) is 15.3. The third kappa shape index (κ3) is 6.15. The first-order valence-corrected chi connectivity index (χ1v) is 11.8. The fourth-order valence-electron chi connectivity index (χ4n) is 4.69. The number of rotatable bonds is 8. The molecule has 0 bridgehead atoms. The number of likely N-dealkylation sites (tertiary alicyclic amines) is 1. The van der Waals surface area contributed by atoms with Gasteiger partial charge in [-0.25, -0.2) is 0 Å². The second kappa shape index (κ2) is 11.1. The van der Waals surface area contributed by atoms with Crippen LogP contribution in [0.5, 0.6) is 0 Å². The topological polar surface area (TPSA) is 16.1 Å². The van der Waals surface area contributed by atoms with Crippen molar-refractivity contribution in [2.24, 2.45) is 5.92 Å². The lowest BCUT2D eigenvalue weighted by atomic mass is 9.88. The Morgan fingerprint density at radius 3 is 2.16 bits per heavy atom. The molecule has 0 N–H and O–H groups in total. The molecule has 1 unspecified atom stereocenters. The molecular formula is C29H34N2. The molecule has 2 aromatic carbocycles. The largest absolute Gasteiger partial charge is 0.301 e. The van der Waals surface area contributed by atoms with E-state index < -0.39 is 0 Å². The predicted octanol–water partition coefficient (Wildman–Crippen LogP) is 6.64. The maximum atomic E-state index is 4.23. The summed E-state index contributed by atoms with van der Waals surface area (Å²) in [5.41, 5.74) is 5.37. The summed E-state index contributed by atoms with van der Waals surface area (Å²) in [6.07, 6.45) is 12.5. The van der Waals surface area contributed by atoms with Crippen molar-refractivity contribution in [1.29, 1.82) is 0 Å². The van der Waals surface area contributed by atoms with Crippen LogP contribution in [0.15, 0.2) is 91.3 Å². The predicted molar refractivity (Wildman–Crippen MR) is 131 cm³/mol. The summed E-state index contributed by atoms with van der Waals surface area (Å²) in [5, 5.41) is 0. The van der Waals surface area contributed by atoms with Crippen LogP contribution < -0.4 is 0 Å². The molecule has 2 heteroatoms. The number of aromatic nitrogens is 1. The Labute approximate surface area is 187 Å². The van der Waals surface area contributed by atoms with Crippen molar-refractivity contribution in [2.75, 3.05) is 13.1 Å². The van der Waals surface area contributed by atoms with Gasteiger partial charge in [0, 0.05) is 18.4 Å². The van der Waals surface area contributed by atoms with E-state index >= 15 is 0 Å². The van der Waals surface area contributed by atoms with Crippen LogP contribution in [0.25, 0.3) is 5.57 Å². The molecule has 1 aliphatic rings. The van der Waals surface area contributed by atoms with Crippen molar-refractivity contribution in [1.82, 2.24) is 9.88 Å². The van der Waals surface area contributed by atoms with Crippen LogP contribution in [0, 0.1) is 5.92 Å². The van der Waals surface area contributed by atoms with Crippen molar-refractivity contribution in [3.05, 3.63) is 108 Å². The quantitative estimate of drug-likeness (QED) is 0.414. The van der Waals surface area contributed by atoms with Crippen LogP contribution in [0.3, 0.4) is 0 Å². The molecule has 31 heavy (non-hydrogen) atoms. The molecule has 1 aliphatic heterocycles. The SMILES string of the molecule is CC(CCCc1cccnc1)N1CCC(C=C(c2ccccc2)c2ccccc2)CC1. The standard InChI is InChI=1S/C29H34N2/c1-24(10-8-11-26-12-9-19-30-23-26)31-20-17-25(18-21-31)22-29(27-13-4-2-5-14-27)28-15-6-3-7-16-28/h2-7,9,12-16,19,22-25H,8,10-11,17-18,20-21H2,1H3. The van der Waals surface area contributed by atoms with Crippen molar-refractivity contribution in [2.45, 2.75) is 45.1 Å². The first-order valence-electron chi connectivity index (χ1n) is 11.8. The van der Waals surface area contributed by atoms with Crippen LogP contribution in [-0.4, -0.2) is 29.0 Å². The zero-order valence-electron chi connectivity index (χ0n) is 18.7. The molecule has 160 valence electrons. The van der Waals surface area contributed by atoms with Gasteiger partial charge in [0.2, 0.25) is 0 Å². The fraction of sp³-hybridized carbons (Fsp3) is 0.345. The Morgan fingerprint density at radius 2 is 1.58 bits per heavy atom. The molecular weight excluding hydrogens is 376 g/mol. The summed E-state index contributed by atoms with van der Waals surface area (Å²) in [7, 11) is 0. The van der Waals surface area contributed by atoms with Crippen molar-refractivity contribution < 1.29 is 0 Å². The highest BCUT2D eigenvalue weighted by atomic mass is 15.2. The molecule has 3 aromatic rings. The smallest absolute Gasteiger partial charge is 0.0299 e. The minimum absolute atomic E-state index is 0.647. The number of hydrogen-bond donors (Lipinski definition) is 0. The summed E-state index contributed by atoms with van der Waals surface area (Å²) < 4.78 is 0. The van der Waals surface area contributed by atoms with Gasteiger partial charge in [0.1, 0.15) is 0 Å². The Bertz CT molecular complexity index is 885. The lowest BCUT2D eigenvalue weighted by Gasteiger charge is -2.35. The average Bonchev–Trinajstić information content (AvgIpc) is 2.84. The van der Waals surface area contributed by atoms with E-state index in [2.05, 4.69) is 89.6 Å². The van der Waals surface area contributed by atoms with E-state index in [0.29, 0.717) is 12.0 Å². The molecule has 2 heterocycles. The van der Waals surface area contributed by atoms with Crippen LogP contribution in [0.4, 0.5) is 0 Å². The third-order valence-electron chi connectivity index (χ3n) is 6.58. The Hall–Kier alpha value is -2.71. The van der Waals surface area contributed by atoms with E-state index in [1.807, 2.05) is 18.5 Å². The average molecular weight is 411 g/mol. The summed E-state index contributed by atoms with van der Waals surface area (Å²) in [6.45, 7) is 4.80. The molecule has 1 atom stereocenters. The normalized spacial score (nSPS) is 16.0. The Balaban J connectivity index is 1.34. The van der Waals surface area contributed by atoms with Gasteiger partial charge in [-0.15, -0.1) is 0 Å². The summed E-state index contributed by atoms with van der Waals surface area (Å²) in [5.74, 6) is 0.647. The van der Waals surface area contributed by atoms with Crippen molar-refractivity contribution in [3.8, 4) is 0 Å². The molecule has 0 aliphatic carbocycles. The van der Waals surface area contributed by atoms with Crippen LogP contribution >= 0.6 is 0 Å². The molecule has 1 fully saturated rings. The number of aryl methyl sites for hydroxylation is 1. The van der Waals surface area contributed by atoms with E-state index in [1.54, 1.807) is 0 Å². The van der Waals surface area contributed by atoms with Crippen LogP contribution in [0.2, 0.25) is 0 Å². The molecule has 0 radical (unpaired) electrons. The van der Waals surface area contributed by atoms with Gasteiger partial charge in [-0.1, -0.05) is 72.8 Å². The molecule has 1 aromatic heterocycles. The molecule has 0 amide bonds. The highest BCUT2D eigenvalue weighted by Gasteiger charge is 2.22. The lowest BCUT2D eigenvalue weighted by molar-refractivity contribution is 0.147. The molecule has 0 spiro atoms. The third-order valence-corrected chi connectivity index (χ3v) is 6.58. The Morgan fingerprint density at radius 1 is 0.935 bits per heavy atom. The number of allylic oxidation sites excluding steroid dienone is 1. The highest BCUT2D eigenvalue weighted by molar-refractivity contribution is 5.79.